The Kier molecular flexibility index (Phi) is 4.50. The predicted molar refractivity (Wildman–Crippen MR) is 83.0 cm³/mol. The summed E-state index contributed by atoms with van der Waals surface area (Å²) >= 11 is 1.46. The van der Waals surface area contributed by atoms with Gasteiger partial charge in [-0.2, -0.15) is 0 Å². The summed E-state index contributed by atoms with van der Waals surface area (Å²) in [6.45, 7) is 3.68. The summed E-state index contributed by atoms with van der Waals surface area (Å²) in [7, 11) is -2.19. The molecule has 3 N–H and O–H groups in total. The summed E-state index contributed by atoms with van der Waals surface area (Å²) in [5.41, 5.74) is 6.02. The van der Waals surface area contributed by atoms with Crippen LogP contribution in [-0.4, -0.2) is 20.5 Å². The van der Waals surface area contributed by atoms with Crippen LogP contribution >= 0.6 is 11.3 Å². The molecule has 21 heavy (non-hydrogen) atoms. The Balaban J connectivity index is 2.24. The lowest BCUT2D eigenvalue weighted by Crippen LogP contribution is -2.26. The van der Waals surface area contributed by atoms with Gasteiger partial charge in [-0.25, -0.2) is 18.1 Å². The first-order valence-electron chi connectivity index (χ1n) is 6.21. The second-order valence-corrected chi connectivity index (χ2v) is 7.54. The molecule has 0 radical (unpaired) electrons. The van der Waals surface area contributed by atoms with E-state index in [1.54, 1.807) is 13.1 Å². The molecule has 1 heterocycles. The SMILES string of the molecule is COc1ccc(S(=O)(=O)NC(C)c2ncc(C)s2)cc1N. The van der Waals surface area contributed by atoms with Gasteiger partial charge in [0.05, 0.1) is 23.7 Å². The zero-order chi connectivity index (χ0) is 15.6. The molecule has 0 saturated heterocycles. The van der Waals surface area contributed by atoms with Crippen LogP contribution in [-0.2, 0) is 10.0 Å². The van der Waals surface area contributed by atoms with Crippen molar-refractivity contribution in [3.63, 3.8) is 0 Å². The van der Waals surface area contributed by atoms with Gasteiger partial charge in [0.25, 0.3) is 0 Å². The highest BCUT2D eigenvalue weighted by atomic mass is 32.2. The summed E-state index contributed by atoms with van der Waals surface area (Å²) in [5.74, 6) is 0.442. The number of nitrogens with zero attached hydrogens (tertiary/aromatic N) is 1. The van der Waals surface area contributed by atoms with Crippen LogP contribution < -0.4 is 15.2 Å². The summed E-state index contributed by atoms with van der Waals surface area (Å²) in [6.07, 6.45) is 1.72. The molecular formula is C13H17N3O3S2. The molecular weight excluding hydrogens is 310 g/mol. The third kappa shape index (κ3) is 3.52. The maximum absolute atomic E-state index is 12.3. The molecule has 0 fully saturated rings. The normalized spacial score (nSPS) is 13.1. The van der Waals surface area contributed by atoms with Gasteiger partial charge in [-0.1, -0.05) is 0 Å². The van der Waals surface area contributed by atoms with E-state index in [0.717, 1.165) is 9.88 Å². The molecule has 0 aliphatic rings. The van der Waals surface area contributed by atoms with Crippen molar-refractivity contribution in [1.29, 1.82) is 0 Å². The maximum atomic E-state index is 12.3. The smallest absolute Gasteiger partial charge is 0.241 e. The molecule has 1 unspecified atom stereocenters. The minimum atomic E-state index is -3.66. The molecule has 0 aliphatic heterocycles. The van der Waals surface area contributed by atoms with Crippen molar-refractivity contribution in [2.24, 2.45) is 0 Å². The van der Waals surface area contributed by atoms with Crippen molar-refractivity contribution >= 4 is 27.0 Å². The van der Waals surface area contributed by atoms with Crippen LogP contribution in [0.1, 0.15) is 22.9 Å². The molecule has 0 amide bonds. The van der Waals surface area contributed by atoms with Gasteiger partial charge in [-0.3, -0.25) is 0 Å². The second kappa shape index (κ2) is 6.00. The number of nitrogen functional groups attached to an aromatic ring is 1. The molecule has 0 bridgehead atoms. The van der Waals surface area contributed by atoms with Crippen molar-refractivity contribution in [1.82, 2.24) is 9.71 Å². The molecule has 1 aromatic carbocycles. The molecule has 2 aromatic rings. The fraction of sp³-hybridized carbons (Fsp3) is 0.308. The number of anilines is 1. The van der Waals surface area contributed by atoms with Crippen LogP contribution in [0.5, 0.6) is 5.75 Å². The highest BCUT2D eigenvalue weighted by molar-refractivity contribution is 7.89. The Morgan fingerprint density at radius 1 is 1.43 bits per heavy atom. The number of thiazole rings is 1. The van der Waals surface area contributed by atoms with Crippen molar-refractivity contribution in [3.8, 4) is 5.75 Å². The number of aromatic nitrogens is 1. The van der Waals surface area contributed by atoms with E-state index in [1.807, 2.05) is 6.92 Å². The molecule has 0 saturated carbocycles. The predicted octanol–water partition coefficient (Wildman–Crippen LogP) is 2.08. The number of hydrogen-bond donors (Lipinski definition) is 2. The number of rotatable bonds is 5. The van der Waals surface area contributed by atoms with E-state index in [9.17, 15) is 8.42 Å². The molecule has 1 atom stereocenters. The minimum Gasteiger partial charge on any atom is -0.495 e. The van der Waals surface area contributed by atoms with Crippen LogP contribution in [0.2, 0.25) is 0 Å². The maximum Gasteiger partial charge on any atom is 0.241 e. The van der Waals surface area contributed by atoms with Crippen LogP contribution in [0.3, 0.4) is 0 Å². The first-order chi connectivity index (χ1) is 9.83. The zero-order valence-corrected chi connectivity index (χ0v) is 13.6. The van der Waals surface area contributed by atoms with Crippen molar-refractivity contribution in [2.45, 2.75) is 24.8 Å². The van der Waals surface area contributed by atoms with Gasteiger partial charge in [0, 0.05) is 11.1 Å². The van der Waals surface area contributed by atoms with Crippen molar-refractivity contribution in [3.05, 3.63) is 34.3 Å². The van der Waals surface area contributed by atoms with E-state index in [1.165, 1.54) is 36.6 Å². The van der Waals surface area contributed by atoms with Crippen LogP contribution in [0.25, 0.3) is 0 Å². The fourth-order valence-electron chi connectivity index (χ4n) is 1.80. The van der Waals surface area contributed by atoms with Gasteiger partial charge >= 0.3 is 0 Å². The Morgan fingerprint density at radius 3 is 2.67 bits per heavy atom. The summed E-state index contributed by atoms with van der Waals surface area (Å²) < 4.78 is 32.3. The van der Waals surface area contributed by atoms with Gasteiger partial charge in [0.1, 0.15) is 10.8 Å². The van der Waals surface area contributed by atoms with Crippen LogP contribution in [0.4, 0.5) is 5.69 Å². The summed E-state index contributed by atoms with van der Waals surface area (Å²) in [6, 6.07) is 3.96. The summed E-state index contributed by atoms with van der Waals surface area (Å²) in [4.78, 5) is 5.32. The van der Waals surface area contributed by atoms with Crippen molar-refractivity contribution in [2.75, 3.05) is 12.8 Å². The monoisotopic (exact) mass is 327 g/mol. The molecule has 114 valence electrons. The van der Waals surface area contributed by atoms with Gasteiger partial charge < -0.3 is 10.5 Å². The average Bonchev–Trinajstić information content (AvgIpc) is 2.85. The fourth-order valence-corrected chi connectivity index (χ4v) is 3.90. The lowest BCUT2D eigenvalue weighted by molar-refractivity contribution is 0.416. The molecule has 8 heteroatoms. The second-order valence-electron chi connectivity index (χ2n) is 4.56. The quantitative estimate of drug-likeness (QED) is 0.820. The highest BCUT2D eigenvalue weighted by Crippen LogP contribution is 2.26. The average molecular weight is 327 g/mol. The Hall–Kier alpha value is -1.64. The van der Waals surface area contributed by atoms with Crippen LogP contribution in [0.15, 0.2) is 29.3 Å². The number of benzene rings is 1. The van der Waals surface area contributed by atoms with E-state index >= 15 is 0 Å². The Bertz CT molecular complexity index is 741. The minimum absolute atomic E-state index is 0.0981. The number of nitrogens with two attached hydrogens (primary N) is 1. The van der Waals surface area contributed by atoms with Crippen molar-refractivity contribution < 1.29 is 13.2 Å². The van der Waals surface area contributed by atoms with E-state index in [0.29, 0.717) is 5.75 Å². The standard InChI is InChI=1S/C13H17N3O3S2/c1-8-7-15-13(20-8)9(2)16-21(17,18)10-4-5-12(19-3)11(14)6-10/h4-7,9,16H,14H2,1-3H3. The third-order valence-corrected chi connectivity index (χ3v) is 5.49. The largest absolute Gasteiger partial charge is 0.495 e. The number of nitrogens with one attached hydrogen (secondary N) is 1. The van der Waals surface area contributed by atoms with Crippen LogP contribution in [0, 0.1) is 6.92 Å². The first-order valence-corrected chi connectivity index (χ1v) is 8.51. The van der Waals surface area contributed by atoms with E-state index in [2.05, 4.69) is 9.71 Å². The number of aryl methyl sites for hydroxylation is 1. The van der Waals surface area contributed by atoms with E-state index in [4.69, 9.17) is 10.5 Å². The lowest BCUT2D eigenvalue weighted by Gasteiger charge is -2.13. The van der Waals surface area contributed by atoms with Gasteiger partial charge in [-0.05, 0) is 32.0 Å². The zero-order valence-electron chi connectivity index (χ0n) is 12.0. The van der Waals surface area contributed by atoms with E-state index in [-0.39, 0.29) is 10.6 Å². The third-order valence-electron chi connectivity index (χ3n) is 2.85. The van der Waals surface area contributed by atoms with Gasteiger partial charge in [0.15, 0.2) is 0 Å². The molecule has 0 aliphatic carbocycles. The van der Waals surface area contributed by atoms with Gasteiger partial charge in [-0.15, -0.1) is 11.3 Å². The van der Waals surface area contributed by atoms with E-state index < -0.39 is 16.1 Å². The topological polar surface area (TPSA) is 94.3 Å². The molecule has 1 aromatic heterocycles. The molecule has 6 nitrogen and oxygen atoms in total. The molecule has 2 rings (SSSR count). The summed E-state index contributed by atoms with van der Waals surface area (Å²) in [5, 5.41) is 0.720. The number of ether oxygens (including phenoxy) is 1. The number of hydrogen-bond acceptors (Lipinski definition) is 6. The Labute approximate surface area is 128 Å². The highest BCUT2D eigenvalue weighted by Gasteiger charge is 2.21. The Morgan fingerprint density at radius 2 is 2.14 bits per heavy atom. The molecule has 0 spiro atoms. The number of sulfonamides is 1. The van der Waals surface area contributed by atoms with Gasteiger partial charge in [0.2, 0.25) is 10.0 Å². The lowest BCUT2D eigenvalue weighted by atomic mass is 10.3. The first kappa shape index (κ1) is 15.7. The number of methoxy groups -OCH3 is 1.